The molecule has 12 heavy (non-hydrogen) atoms. The number of rotatable bonds is 2. The summed E-state index contributed by atoms with van der Waals surface area (Å²) < 4.78 is 0. The third-order valence-corrected chi connectivity index (χ3v) is 2.08. The summed E-state index contributed by atoms with van der Waals surface area (Å²) in [5, 5.41) is 3.18. The van der Waals surface area contributed by atoms with Crippen LogP contribution in [0.3, 0.4) is 0 Å². The van der Waals surface area contributed by atoms with Gasteiger partial charge in [-0.15, -0.1) is 11.6 Å². The van der Waals surface area contributed by atoms with Crippen LogP contribution in [-0.2, 0) is 0 Å². The molecule has 0 amide bonds. The van der Waals surface area contributed by atoms with Crippen LogP contribution in [0.2, 0.25) is 0 Å². The summed E-state index contributed by atoms with van der Waals surface area (Å²) in [6, 6.07) is 8.18. The van der Waals surface area contributed by atoms with Gasteiger partial charge in [0.1, 0.15) is 6.67 Å². The van der Waals surface area contributed by atoms with Crippen molar-refractivity contribution in [3.05, 3.63) is 30.9 Å². The SMILES string of the molecule is ClCCN1[CH]Nc2ccccc21. The van der Waals surface area contributed by atoms with Crippen LogP contribution < -0.4 is 10.2 Å². The van der Waals surface area contributed by atoms with Gasteiger partial charge in [-0.3, -0.25) is 0 Å². The molecule has 0 saturated carbocycles. The summed E-state index contributed by atoms with van der Waals surface area (Å²) in [6.45, 7) is 2.80. The minimum atomic E-state index is 0.645. The Morgan fingerprint density at radius 1 is 1.33 bits per heavy atom. The van der Waals surface area contributed by atoms with E-state index >= 15 is 0 Å². The highest BCUT2D eigenvalue weighted by molar-refractivity contribution is 6.18. The lowest BCUT2D eigenvalue weighted by Gasteiger charge is -2.14. The van der Waals surface area contributed by atoms with E-state index in [1.807, 2.05) is 18.8 Å². The largest absolute Gasteiger partial charge is 0.360 e. The monoisotopic (exact) mass is 181 g/mol. The number of fused-ring (bicyclic) bond motifs is 1. The second-order valence-corrected chi connectivity index (χ2v) is 3.05. The maximum Gasteiger partial charge on any atom is 0.139 e. The van der Waals surface area contributed by atoms with Gasteiger partial charge in [0.25, 0.3) is 0 Å². The lowest BCUT2D eigenvalue weighted by molar-refractivity contribution is 0.992. The summed E-state index contributed by atoms with van der Waals surface area (Å²) in [7, 11) is 0. The Hall–Kier alpha value is -0.890. The van der Waals surface area contributed by atoms with Crippen molar-refractivity contribution in [2.24, 2.45) is 0 Å². The molecule has 1 aromatic carbocycles. The standard InChI is InChI=1S/C9H10ClN2/c10-5-6-12-7-11-8-3-1-2-4-9(8)12/h1-4,7,11H,5-6H2. The number of para-hydroxylation sites is 2. The lowest BCUT2D eigenvalue weighted by Crippen LogP contribution is -2.19. The van der Waals surface area contributed by atoms with Crippen LogP contribution in [0.15, 0.2) is 24.3 Å². The maximum absolute atomic E-state index is 5.66. The molecule has 0 aliphatic carbocycles. The Balaban J connectivity index is 2.24. The van der Waals surface area contributed by atoms with Crippen molar-refractivity contribution in [3.8, 4) is 0 Å². The molecule has 2 rings (SSSR count). The van der Waals surface area contributed by atoms with E-state index in [4.69, 9.17) is 11.6 Å². The second kappa shape index (κ2) is 3.23. The van der Waals surface area contributed by atoms with Crippen LogP contribution in [0.1, 0.15) is 0 Å². The summed E-state index contributed by atoms with van der Waals surface area (Å²) in [6.07, 6.45) is 0. The molecule has 0 saturated heterocycles. The van der Waals surface area contributed by atoms with Gasteiger partial charge in [0.05, 0.1) is 11.4 Å². The fourth-order valence-corrected chi connectivity index (χ4v) is 1.52. The molecule has 1 aliphatic rings. The molecule has 1 radical (unpaired) electrons. The van der Waals surface area contributed by atoms with E-state index in [2.05, 4.69) is 22.3 Å². The number of nitrogens with one attached hydrogen (secondary N) is 1. The summed E-state index contributed by atoms with van der Waals surface area (Å²) in [5.74, 6) is 0.645. The van der Waals surface area contributed by atoms with Gasteiger partial charge < -0.3 is 10.2 Å². The zero-order valence-electron chi connectivity index (χ0n) is 6.63. The molecule has 0 bridgehead atoms. The highest BCUT2D eigenvalue weighted by atomic mass is 35.5. The predicted octanol–water partition coefficient (Wildman–Crippen LogP) is 2.28. The molecule has 2 nitrogen and oxygen atoms in total. The van der Waals surface area contributed by atoms with Crippen LogP contribution in [0, 0.1) is 6.67 Å². The lowest BCUT2D eigenvalue weighted by atomic mass is 10.3. The molecule has 1 aromatic rings. The van der Waals surface area contributed by atoms with E-state index in [1.54, 1.807) is 0 Å². The van der Waals surface area contributed by atoms with E-state index in [1.165, 1.54) is 5.69 Å². The molecule has 3 heteroatoms. The summed E-state index contributed by atoms with van der Waals surface area (Å²) in [4.78, 5) is 2.11. The average Bonchev–Trinajstić information content (AvgIpc) is 2.50. The van der Waals surface area contributed by atoms with Crippen molar-refractivity contribution in [2.45, 2.75) is 0 Å². The van der Waals surface area contributed by atoms with Crippen LogP contribution >= 0.6 is 11.6 Å². The van der Waals surface area contributed by atoms with E-state index in [9.17, 15) is 0 Å². The van der Waals surface area contributed by atoms with E-state index in [0.717, 1.165) is 12.2 Å². The Labute approximate surface area is 77.1 Å². The van der Waals surface area contributed by atoms with Crippen molar-refractivity contribution in [2.75, 3.05) is 22.6 Å². The first-order valence-electron chi connectivity index (χ1n) is 3.93. The van der Waals surface area contributed by atoms with Crippen molar-refractivity contribution < 1.29 is 0 Å². The number of nitrogens with zero attached hydrogens (tertiary/aromatic N) is 1. The third kappa shape index (κ3) is 1.23. The van der Waals surface area contributed by atoms with Gasteiger partial charge in [-0.2, -0.15) is 0 Å². The number of anilines is 2. The molecular weight excluding hydrogens is 172 g/mol. The van der Waals surface area contributed by atoms with Gasteiger partial charge in [-0.25, -0.2) is 0 Å². The molecule has 1 N–H and O–H groups in total. The number of halogens is 1. The first-order valence-corrected chi connectivity index (χ1v) is 4.47. The van der Waals surface area contributed by atoms with Crippen LogP contribution in [-0.4, -0.2) is 12.4 Å². The molecule has 0 fully saturated rings. The quantitative estimate of drug-likeness (QED) is 0.705. The van der Waals surface area contributed by atoms with Crippen molar-refractivity contribution in [3.63, 3.8) is 0 Å². The second-order valence-electron chi connectivity index (χ2n) is 2.67. The van der Waals surface area contributed by atoms with Gasteiger partial charge in [-0.1, -0.05) is 12.1 Å². The fraction of sp³-hybridized carbons (Fsp3) is 0.222. The minimum Gasteiger partial charge on any atom is -0.360 e. The number of hydrogen-bond donors (Lipinski definition) is 1. The Kier molecular flexibility index (Phi) is 2.09. The van der Waals surface area contributed by atoms with Crippen LogP contribution in [0.5, 0.6) is 0 Å². The average molecular weight is 182 g/mol. The molecule has 0 unspecified atom stereocenters. The maximum atomic E-state index is 5.66. The van der Waals surface area contributed by atoms with Crippen LogP contribution in [0.25, 0.3) is 0 Å². The minimum absolute atomic E-state index is 0.645. The van der Waals surface area contributed by atoms with Gasteiger partial charge in [0, 0.05) is 12.4 Å². The summed E-state index contributed by atoms with van der Waals surface area (Å²) >= 11 is 5.66. The predicted molar refractivity (Wildman–Crippen MR) is 52.4 cm³/mol. The van der Waals surface area contributed by atoms with Crippen molar-refractivity contribution in [1.29, 1.82) is 0 Å². The number of benzene rings is 1. The number of alkyl halides is 1. The highest BCUT2D eigenvalue weighted by Gasteiger charge is 2.16. The Bertz CT molecular complexity index is 273. The van der Waals surface area contributed by atoms with Crippen LogP contribution in [0.4, 0.5) is 11.4 Å². The zero-order valence-corrected chi connectivity index (χ0v) is 7.38. The third-order valence-electron chi connectivity index (χ3n) is 1.91. The first kappa shape index (κ1) is 7.74. The van der Waals surface area contributed by atoms with Gasteiger partial charge in [0.15, 0.2) is 0 Å². The molecule has 1 heterocycles. The molecular formula is C9H10ClN2. The van der Waals surface area contributed by atoms with Crippen molar-refractivity contribution >= 4 is 23.0 Å². The van der Waals surface area contributed by atoms with E-state index < -0.39 is 0 Å². The zero-order chi connectivity index (χ0) is 8.39. The number of hydrogen-bond acceptors (Lipinski definition) is 2. The molecule has 0 aromatic heterocycles. The molecule has 0 atom stereocenters. The Morgan fingerprint density at radius 2 is 2.17 bits per heavy atom. The topological polar surface area (TPSA) is 15.3 Å². The highest BCUT2D eigenvalue weighted by Crippen LogP contribution is 2.31. The summed E-state index contributed by atoms with van der Waals surface area (Å²) in [5.41, 5.74) is 2.36. The smallest absolute Gasteiger partial charge is 0.139 e. The molecule has 1 aliphatic heterocycles. The normalized spacial score (nSPS) is 14.2. The fourth-order valence-electron chi connectivity index (χ4n) is 1.34. The van der Waals surface area contributed by atoms with Gasteiger partial charge in [-0.05, 0) is 12.1 Å². The first-order chi connectivity index (χ1) is 5.92. The van der Waals surface area contributed by atoms with Gasteiger partial charge in [0.2, 0.25) is 0 Å². The van der Waals surface area contributed by atoms with E-state index in [-0.39, 0.29) is 0 Å². The molecule has 0 spiro atoms. The Morgan fingerprint density at radius 3 is 3.00 bits per heavy atom. The van der Waals surface area contributed by atoms with Crippen molar-refractivity contribution in [1.82, 2.24) is 0 Å². The molecule has 63 valence electrons. The van der Waals surface area contributed by atoms with E-state index in [0.29, 0.717) is 5.88 Å². The van der Waals surface area contributed by atoms with Gasteiger partial charge >= 0.3 is 0 Å².